The van der Waals surface area contributed by atoms with Gasteiger partial charge in [0.1, 0.15) is 11.4 Å². The van der Waals surface area contributed by atoms with E-state index in [4.69, 9.17) is 4.55 Å². The van der Waals surface area contributed by atoms with Gasteiger partial charge in [0, 0.05) is 34.9 Å². The number of phenols is 1. The summed E-state index contributed by atoms with van der Waals surface area (Å²) in [6.45, 7) is 0. The molecule has 0 saturated heterocycles. The third-order valence-corrected chi connectivity index (χ3v) is 4.15. The molecule has 3 aromatic rings. The molecule has 0 aliphatic carbocycles. The summed E-state index contributed by atoms with van der Waals surface area (Å²) in [5.74, 6) is 0.00186. The fraction of sp³-hybridized carbons (Fsp3) is 0. The second kappa shape index (κ2) is 7.42. The molecule has 0 aliphatic rings. The van der Waals surface area contributed by atoms with Gasteiger partial charge in [-0.3, -0.25) is 4.55 Å². The molecule has 0 bridgehead atoms. The molecule has 0 atom stereocenters. The van der Waals surface area contributed by atoms with Gasteiger partial charge in [-0.2, -0.15) is 13.5 Å². The van der Waals surface area contributed by atoms with Crippen LogP contribution in [0.1, 0.15) is 0 Å². The topological polar surface area (TPSA) is 99.3 Å². The summed E-state index contributed by atoms with van der Waals surface area (Å²) in [7, 11) is -4.23. The van der Waals surface area contributed by atoms with Crippen molar-refractivity contribution < 1.29 is 18.1 Å². The Balaban J connectivity index is 0.00000208. The van der Waals surface area contributed by atoms with Gasteiger partial charge in [0.25, 0.3) is 10.1 Å². The molecule has 0 saturated carbocycles. The van der Waals surface area contributed by atoms with Crippen LogP contribution in [0.2, 0.25) is 0 Å². The summed E-state index contributed by atoms with van der Waals surface area (Å²) in [5.41, 5.74) is 0.728. The zero-order chi connectivity index (χ0) is 16.4. The molecule has 8 heteroatoms. The molecule has 2 N–H and O–H groups in total. The van der Waals surface area contributed by atoms with E-state index in [0.717, 1.165) is 10.8 Å². The van der Waals surface area contributed by atoms with Gasteiger partial charge in [-0.15, -0.1) is 5.11 Å². The van der Waals surface area contributed by atoms with Gasteiger partial charge in [-0.05, 0) is 35.7 Å². The van der Waals surface area contributed by atoms with Gasteiger partial charge in [0.15, 0.2) is 0 Å². The number of rotatable bonds is 3. The second-order valence-electron chi connectivity index (χ2n) is 4.82. The first kappa shape index (κ1) is 18.6. The molecule has 0 amide bonds. The van der Waals surface area contributed by atoms with Crippen LogP contribution in [-0.2, 0) is 10.1 Å². The zero-order valence-corrected chi connectivity index (χ0v) is 15.6. The Morgan fingerprint density at radius 2 is 1.50 bits per heavy atom. The molecule has 24 heavy (non-hydrogen) atoms. The minimum atomic E-state index is -4.23. The van der Waals surface area contributed by atoms with E-state index in [2.05, 4.69) is 10.2 Å². The number of hydrogen-bond acceptors (Lipinski definition) is 5. The Morgan fingerprint density at radius 3 is 2.17 bits per heavy atom. The van der Waals surface area contributed by atoms with Crippen LogP contribution in [0.5, 0.6) is 5.75 Å². The molecule has 117 valence electrons. The van der Waals surface area contributed by atoms with Crippen molar-refractivity contribution in [3.63, 3.8) is 0 Å². The molecule has 3 aromatic carbocycles. The van der Waals surface area contributed by atoms with Gasteiger partial charge in [0.2, 0.25) is 0 Å². The van der Waals surface area contributed by atoms with Crippen molar-refractivity contribution in [3.8, 4) is 5.75 Å². The monoisotopic (exact) mass is 351 g/mol. The molecule has 0 aromatic heterocycles. The fourth-order valence-electron chi connectivity index (χ4n) is 2.14. The molecular formula is C16H12N2NaO4S. The average molecular weight is 351 g/mol. The van der Waals surface area contributed by atoms with Crippen molar-refractivity contribution >= 4 is 61.8 Å². The summed E-state index contributed by atoms with van der Waals surface area (Å²) < 4.78 is 30.9. The van der Waals surface area contributed by atoms with Crippen molar-refractivity contribution in [1.82, 2.24) is 0 Å². The van der Waals surface area contributed by atoms with Gasteiger partial charge in [-0.25, -0.2) is 0 Å². The molecular weight excluding hydrogens is 339 g/mol. The van der Waals surface area contributed by atoms with Crippen LogP contribution in [-0.4, -0.2) is 47.6 Å². The van der Waals surface area contributed by atoms with Gasteiger partial charge < -0.3 is 5.11 Å². The van der Waals surface area contributed by atoms with Gasteiger partial charge in [0.05, 0.1) is 10.6 Å². The molecule has 0 aliphatic heterocycles. The van der Waals surface area contributed by atoms with Crippen molar-refractivity contribution in [2.24, 2.45) is 10.2 Å². The first-order valence-electron chi connectivity index (χ1n) is 6.65. The summed E-state index contributed by atoms with van der Waals surface area (Å²) in [6, 6.07) is 16.0. The van der Waals surface area contributed by atoms with E-state index < -0.39 is 10.1 Å². The second-order valence-corrected chi connectivity index (χ2v) is 6.24. The van der Waals surface area contributed by atoms with Crippen LogP contribution in [0, 0.1) is 0 Å². The number of hydrogen-bond donors (Lipinski definition) is 2. The Kier molecular flexibility index (Phi) is 5.74. The van der Waals surface area contributed by atoms with E-state index in [1.165, 1.54) is 30.3 Å². The van der Waals surface area contributed by atoms with Crippen LogP contribution >= 0.6 is 0 Å². The molecule has 6 nitrogen and oxygen atoms in total. The summed E-state index contributed by atoms with van der Waals surface area (Å²) in [5, 5.41) is 19.7. The molecule has 0 spiro atoms. The quantitative estimate of drug-likeness (QED) is 0.425. The first-order chi connectivity index (χ1) is 10.9. The number of phenolic OH excluding ortho intramolecular Hbond substituents is 1. The Labute approximate surface area is 160 Å². The standard InChI is InChI=1S/C16H12N2O4S.Na/c19-15-10-5-11-3-1-2-4-14(11)16(15)18-17-12-6-8-13(9-7-12)23(20,21)22;/h1-10,19H,(H,20,21,22);. The predicted molar refractivity (Wildman–Crippen MR) is 91.8 cm³/mol. The molecule has 0 fully saturated rings. The van der Waals surface area contributed by atoms with Crippen molar-refractivity contribution in [2.45, 2.75) is 4.90 Å². The van der Waals surface area contributed by atoms with E-state index in [9.17, 15) is 13.5 Å². The summed E-state index contributed by atoms with van der Waals surface area (Å²) in [4.78, 5) is -0.218. The Bertz CT molecular complexity index is 1000. The van der Waals surface area contributed by atoms with Gasteiger partial charge in [-0.1, -0.05) is 30.3 Å². The largest absolute Gasteiger partial charge is 0.506 e. The van der Waals surface area contributed by atoms with E-state index in [0.29, 0.717) is 11.4 Å². The number of azo groups is 1. The van der Waals surface area contributed by atoms with Crippen LogP contribution in [0.4, 0.5) is 11.4 Å². The van der Waals surface area contributed by atoms with Crippen molar-refractivity contribution in [3.05, 3.63) is 60.7 Å². The van der Waals surface area contributed by atoms with Crippen LogP contribution in [0.15, 0.2) is 75.8 Å². The van der Waals surface area contributed by atoms with E-state index in [1.54, 1.807) is 6.07 Å². The maximum Gasteiger partial charge on any atom is 0.294 e. The Hall–Kier alpha value is -1.77. The van der Waals surface area contributed by atoms with Gasteiger partial charge >= 0.3 is 0 Å². The SMILES string of the molecule is O=S(=O)(O)c1ccc(N=Nc2c(O)ccc3ccccc23)cc1.[Na]. The number of benzene rings is 3. The minimum absolute atomic E-state index is 0. The third-order valence-electron chi connectivity index (χ3n) is 3.28. The zero-order valence-electron chi connectivity index (χ0n) is 12.8. The van der Waals surface area contributed by atoms with Crippen LogP contribution in [0.25, 0.3) is 10.8 Å². The number of fused-ring (bicyclic) bond motifs is 1. The normalized spacial score (nSPS) is 11.5. The van der Waals surface area contributed by atoms with E-state index in [-0.39, 0.29) is 40.2 Å². The molecule has 1 radical (unpaired) electrons. The van der Waals surface area contributed by atoms with Crippen LogP contribution < -0.4 is 0 Å². The van der Waals surface area contributed by atoms with Crippen molar-refractivity contribution in [2.75, 3.05) is 0 Å². The molecule has 0 unspecified atom stereocenters. The predicted octanol–water partition coefficient (Wildman–Crippen LogP) is 3.83. The summed E-state index contributed by atoms with van der Waals surface area (Å²) >= 11 is 0. The van der Waals surface area contributed by atoms with Crippen LogP contribution in [0.3, 0.4) is 0 Å². The molecule has 3 rings (SSSR count). The van der Waals surface area contributed by atoms with E-state index in [1.807, 2.05) is 24.3 Å². The smallest absolute Gasteiger partial charge is 0.294 e. The maximum absolute atomic E-state index is 11.0. The maximum atomic E-state index is 11.0. The third kappa shape index (κ3) is 4.00. The number of aromatic hydroxyl groups is 1. The summed E-state index contributed by atoms with van der Waals surface area (Å²) in [6.07, 6.45) is 0. The Morgan fingerprint density at radius 1 is 0.833 bits per heavy atom. The van der Waals surface area contributed by atoms with Crippen molar-refractivity contribution in [1.29, 1.82) is 0 Å². The van der Waals surface area contributed by atoms with E-state index >= 15 is 0 Å². The number of nitrogens with zero attached hydrogens (tertiary/aromatic N) is 2. The first-order valence-corrected chi connectivity index (χ1v) is 8.09. The minimum Gasteiger partial charge on any atom is -0.506 e. The fourth-order valence-corrected chi connectivity index (χ4v) is 2.62. The molecule has 0 heterocycles. The average Bonchev–Trinajstić information content (AvgIpc) is 2.53.